The SMILES string of the molecule is CCc1cnc2nc(N3CCC[C@@H]3C(=O)CCc3ccc(F)cc3)sc2c1.Cl. The number of pyridine rings is 1. The van der Waals surface area contributed by atoms with Crippen LogP contribution in [0.15, 0.2) is 36.5 Å². The van der Waals surface area contributed by atoms with E-state index in [0.29, 0.717) is 12.8 Å². The molecule has 3 heterocycles. The Morgan fingerprint density at radius 1 is 1.29 bits per heavy atom. The Hall–Kier alpha value is -2.05. The van der Waals surface area contributed by atoms with Crippen molar-refractivity contribution in [3.8, 4) is 0 Å². The highest BCUT2D eigenvalue weighted by Gasteiger charge is 2.32. The van der Waals surface area contributed by atoms with Crippen molar-refractivity contribution >= 4 is 45.0 Å². The van der Waals surface area contributed by atoms with Crippen LogP contribution in [0.2, 0.25) is 0 Å². The van der Waals surface area contributed by atoms with Crippen molar-refractivity contribution in [3.05, 3.63) is 53.5 Å². The maximum atomic E-state index is 13.0. The summed E-state index contributed by atoms with van der Waals surface area (Å²) in [5.74, 6) is -0.0130. The standard InChI is InChI=1S/C21H22FN3OS.ClH/c1-2-14-12-19-20(23-13-14)24-21(27-19)25-11-3-4-17(25)18(26)10-7-15-5-8-16(22)9-6-15;/h5-6,8-9,12-13,17H,2-4,7,10-11H2,1H3;1H/t17-;/m1./s1. The minimum atomic E-state index is -0.247. The van der Waals surface area contributed by atoms with Gasteiger partial charge in [0, 0.05) is 19.2 Å². The monoisotopic (exact) mass is 419 g/mol. The lowest BCUT2D eigenvalue weighted by molar-refractivity contribution is -0.120. The van der Waals surface area contributed by atoms with Crippen molar-refractivity contribution in [2.45, 2.75) is 45.1 Å². The predicted octanol–water partition coefficient (Wildman–Crippen LogP) is 4.99. The maximum Gasteiger partial charge on any atom is 0.188 e. The molecule has 3 aromatic rings. The predicted molar refractivity (Wildman–Crippen MR) is 114 cm³/mol. The number of aromatic nitrogens is 2. The van der Waals surface area contributed by atoms with Crippen molar-refractivity contribution in [1.29, 1.82) is 0 Å². The number of hydrogen-bond donors (Lipinski definition) is 0. The number of aryl methyl sites for hydroxylation is 2. The van der Waals surface area contributed by atoms with E-state index in [1.165, 1.54) is 17.7 Å². The summed E-state index contributed by atoms with van der Waals surface area (Å²) in [4.78, 5) is 24.1. The average Bonchev–Trinajstić information content (AvgIpc) is 3.33. The van der Waals surface area contributed by atoms with Gasteiger partial charge in [-0.25, -0.2) is 9.37 Å². The summed E-state index contributed by atoms with van der Waals surface area (Å²) < 4.78 is 14.1. The number of benzene rings is 1. The fourth-order valence-electron chi connectivity index (χ4n) is 3.58. The highest BCUT2D eigenvalue weighted by atomic mass is 35.5. The molecule has 28 heavy (non-hydrogen) atoms. The number of ketones is 1. The third-order valence-corrected chi connectivity index (χ3v) is 6.17. The Kier molecular flexibility index (Phi) is 6.62. The summed E-state index contributed by atoms with van der Waals surface area (Å²) >= 11 is 1.62. The van der Waals surface area contributed by atoms with Gasteiger partial charge in [0.1, 0.15) is 5.82 Å². The molecule has 1 aliphatic heterocycles. The molecule has 0 amide bonds. The molecule has 2 aromatic heterocycles. The summed E-state index contributed by atoms with van der Waals surface area (Å²) in [5, 5.41) is 0.892. The Morgan fingerprint density at radius 2 is 2.07 bits per heavy atom. The third kappa shape index (κ3) is 4.33. The summed E-state index contributed by atoms with van der Waals surface area (Å²) in [6, 6.07) is 8.42. The summed E-state index contributed by atoms with van der Waals surface area (Å²) in [5.41, 5.74) is 2.95. The number of carbonyl (C=O) groups excluding carboxylic acids is 1. The van der Waals surface area contributed by atoms with Gasteiger partial charge in [-0.1, -0.05) is 30.4 Å². The van der Waals surface area contributed by atoms with Crippen LogP contribution in [0.3, 0.4) is 0 Å². The van der Waals surface area contributed by atoms with Gasteiger partial charge in [-0.3, -0.25) is 4.79 Å². The lowest BCUT2D eigenvalue weighted by Crippen LogP contribution is -2.36. The lowest BCUT2D eigenvalue weighted by atomic mass is 10.0. The molecule has 0 bridgehead atoms. The quantitative estimate of drug-likeness (QED) is 0.565. The van der Waals surface area contributed by atoms with Crippen molar-refractivity contribution < 1.29 is 9.18 Å². The molecule has 0 aliphatic carbocycles. The van der Waals surface area contributed by atoms with E-state index in [9.17, 15) is 9.18 Å². The van der Waals surface area contributed by atoms with Gasteiger partial charge in [0.05, 0.1) is 10.7 Å². The van der Waals surface area contributed by atoms with Crippen molar-refractivity contribution in [1.82, 2.24) is 9.97 Å². The minimum absolute atomic E-state index is 0. The van der Waals surface area contributed by atoms with Crippen LogP contribution in [-0.2, 0) is 17.6 Å². The van der Waals surface area contributed by atoms with Crippen LogP contribution in [0.5, 0.6) is 0 Å². The van der Waals surface area contributed by atoms with E-state index in [4.69, 9.17) is 0 Å². The smallest absolute Gasteiger partial charge is 0.188 e. The normalized spacial score (nSPS) is 16.4. The van der Waals surface area contributed by atoms with Gasteiger partial charge in [-0.15, -0.1) is 12.4 Å². The molecular weight excluding hydrogens is 397 g/mol. The van der Waals surface area contributed by atoms with Crippen molar-refractivity contribution in [2.24, 2.45) is 0 Å². The summed E-state index contributed by atoms with van der Waals surface area (Å²) in [7, 11) is 0. The first kappa shape index (κ1) is 20.7. The zero-order chi connectivity index (χ0) is 18.8. The number of anilines is 1. The largest absolute Gasteiger partial charge is 0.338 e. The maximum absolute atomic E-state index is 13.0. The van der Waals surface area contributed by atoms with E-state index < -0.39 is 0 Å². The number of thiazole rings is 1. The van der Waals surface area contributed by atoms with E-state index in [1.54, 1.807) is 23.5 Å². The number of hydrogen-bond acceptors (Lipinski definition) is 5. The topological polar surface area (TPSA) is 46.1 Å². The molecule has 148 valence electrons. The zero-order valence-corrected chi connectivity index (χ0v) is 17.4. The molecule has 7 heteroatoms. The fourth-order valence-corrected chi connectivity index (χ4v) is 4.65. The molecule has 4 nitrogen and oxygen atoms in total. The second-order valence-electron chi connectivity index (χ2n) is 6.96. The van der Waals surface area contributed by atoms with E-state index in [0.717, 1.165) is 46.8 Å². The molecule has 1 aromatic carbocycles. The van der Waals surface area contributed by atoms with Crippen molar-refractivity contribution in [2.75, 3.05) is 11.4 Å². The molecule has 0 saturated carbocycles. The van der Waals surface area contributed by atoms with Crippen LogP contribution in [-0.4, -0.2) is 28.3 Å². The third-order valence-electron chi connectivity index (χ3n) is 5.14. The van der Waals surface area contributed by atoms with Crippen LogP contribution >= 0.6 is 23.7 Å². The highest BCUT2D eigenvalue weighted by Crippen LogP contribution is 2.33. The van der Waals surface area contributed by atoms with Gasteiger partial charge in [-0.05, 0) is 55.0 Å². The van der Waals surface area contributed by atoms with Gasteiger partial charge >= 0.3 is 0 Å². The highest BCUT2D eigenvalue weighted by molar-refractivity contribution is 7.22. The van der Waals surface area contributed by atoms with Crippen LogP contribution in [0.1, 0.15) is 37.3 Å². The number of carbonyl (C=O) groups is 1. The first-order chi connectivity index (χ1) is 13.1. The van der Waals surface area contributed by atoms with Crippen LogP contribution in [0.4, 0.5) is 9.52 Å². The number of halogens is 2. The Balaban J connectivity index is 0.00000225. The molecule has 1 saturated heterocycles. The Morgan fingerprint density at radius 3 is 2.82 bits per heavy atom. The second kappa shape index (κ2) is 8.97. The van der Waals surface area contributed by atoms with Crippen LogP contribution in [0, 0.1) is 5.82 Å². The average molecular weight is 420 g/mol. The number of rotatable bonds is 6. The first-order valence-electron chi connectivity index (χ1n) is 9.43. The fraction of sp³-hybridized carbons (Fsp3) is 0.381. The number of nitrogens with zero attached hydrogens (tertiary/aromatic N) is 3. The van der Waals surface area contributed by atoms with Crippen LogP contribution < -0.4 is 4.90 Å². The van der Waals surface area contributed by atoms with E-state index in [1.807, 2.05) is 6.20 Å². The van der Waals surface area contributed by atoms with Gasteiger partial charge in [-0.2, -0.15) is 4.98 Å². The lowest BCUT2D eigenvalue weighted by Gasteiger charge is -2.22. The summed E-state index contributed by atoms with van der Waals surface area (Å²) in [6.07, 6.45) is 5.80. The van der Waals surface area contributed by atoms with E-state index in [-0.39, 0.29) is 30.0 Å². The Bertz CT molecular complexity index is 960. The number of Topliss-reactive ketones (excluding diaryl/α,β-unsaturated/α-hetero) is 1. The van der Waals surface area contributed by atoms with Crippen molar-refractivity contribution in [3.63, 3.8) is 0 Å². The molecule has 1 aliphatic rings. The molecule has 0 radical (unpaired) electrons. The summed E-state index contributed by atoms with van der Waals surface area (Å²) in [6.45, 7) is 2.97. The van der Waals surface area contributed by atoms with Gasteiger partial charge in [0.25, 0.3) is 0 Å². The van der Waals surface area contributed by atoms with E-state index >= 15 is 0 Å². The first-order valence-corrected chi connectivity index (χ1v) is 10.2. The Labute approximate surface area is 174 Å². The minimum Gasteiger partial charge on any atom is -0.338 e. The molecular formula is C21H23ClFN3OS. The molecule has 0 spiro atoms. The zero-order valence-electron chi connectivity index (χ0n) is 15.7. The number of fused-ring (bicyclic) bond motifs is 1. The van der Waals surface area contributed by atoms with Gasteiger partial charge in [0.2, 0.25) is 0 Å². The van der Waals surface area contributed by atoms with Gasteiger partial charge < -0.3 is 4.90 Å². The molecule has 4 rings (SSSR count). The second-order valence-corrected chi connectivity index (χ2v) is 7.97. The van der Waals surface area contributed by atoms with E-state index in [2.05, 4.69) is 27.9 Å². The molecule has 1 fully saturated rings. The van der Waals surface area contributed by atoms with Gasteiger partial charge in [0.15, 0.2) is 16.6 Å². The van der Waals surface area contributed by atoms with Crippen LogP contribution in [0.25, 0.3) is 10.3 Å². The molecule has 0 N–H and O–H groups in total. The molecule has 0 unspecified atom stereocenters. The molecule has 1 atom stereocenters.